The van der Waals surface area contributed by atoms with Crippen LogP contribution in [0.25, 0.3) is 0 Å². The molecule has 1 aromatic heterocycles. The lowest BCUT2D eigenvalue weighted by Gasteiger charge is -2.44. The van der Waals surface area contributed by atoms with Gasteiger partial charge in [-0.2, -0.15) is 5.10 Å². The summed E-state index contributed by atoms with van der Waals surface area (Å²) in [5.41, 5.74) is 6.31. The standard InChI is InChI=1S/C15H26N4O/c16-13-8-17-19(9-13)11-14(20)10-18-7-3-5-12-4-1-2-6-15(12)18/h8-9,12,14-15,20H,1-7,10-11,16H2. The van der Waals surface area contributed by atoms with Crippen LogP contribution in [0.2, 0.25) is 0 Å². The van der Waals surface area contributed by atoms with E-state index in [1.54, 1.807) is 17.1 Å². The number of nitrogens with zero attached hydrogens (tertiary/aromatic N) is 3. The van der Waals surface area contributed by atoms with Gasteiger partial charge in [0.1, 0.15) is 0 Å². The zero-order chi connectivity index (χ0) is 13.9. The van der Waals surface area contributed by atoms with Crippen LogP contribution in [-0.4, -0.2) is 45.0 Å². The van der Waals surface area contributed by atoms with Crippen molar-refractivity contribution in [3.63, 3.8) is 0 Å². The molecule has 3 unspecified atom stereocenters. The van der Waals surface area contributed by atoms with Crippen molar-refractivity contribution in [1.29, 1.82) is 0 Å². The van der Waals surface area contributed by atoms with Gasteiger partial charge in [-0.1, -0.05) is 12.8 Å². The topological polar surface area (TPSA) is 67.3 Å². The first-order valence-electron chi connectivity index (χ1n) is 7.92. The Kier molecular flexibility index (Phi) is 4.27. The molecule has 1 saturated heterocycles. The molecule has 1 saturated carbocycles. The van der Waals surface area contributed by atoms with Crippen LogP contribution < -0.4 is 5.73 Å². The van der Waals surface area contributed by atoms with E-state index >= 15 is 0 Å². The third-order valence-electron chi connectivity index (χ3n) is 4.85. The van der Waals surface area contributed by atoms with Crippen LogP contribution in [0.1, 0.15) is 38.5 Å². The van der Waals surface area contributed by atoms with Crippen LogP contribution in [0.5, 0.6) is 0 Å². The molecule has 0 spiro atoms. The van der Waals surface area contributed by atoms with Crippen molar-refractivity contribution in [2.24, 2.45) is 5.92 Å². The van der Waals surface area contributed by atoms with Crippen molar-refractivity contribution < 1.29 is 5.11 Å². The molecule has 3 rings (SSSR count). The molecule has 0 radical (unpaired) electrons. The number of aliphatic hydroxyl groups excluding tert-OH is 1. The maximum atomic E-state index is 10.3. The van der Waals surface area contributed by atoms with Crippen LogP contribution in [-0.2, 0) is 6.54 Å². The Labute approximate surface area is 120 Å². The number of hydrogen-bond donors (Lipinski definition) is 2. The normalized spacial score (nSPS) is 29.1. The highest BCUT2D eigenvalue weighted by Gasteiger charge is 2.33. The average Bonchev–Trinajstić information content (AvgIpc) is 2.84. The van der Waals surface area contributed by atoms with Gasteiger partial charge in [0.15, 0.2) is 0 Å². The average molecular weight is 278 g/mol. The fourth-order valence-corrected chi connectivity index (χ4v) is 3.98. The number of aliphatic hydroxyl groups is 1. The quantitative estimate of drug-likeness (QED) is 0.875. The number of piperidine rings is 1. The molecular formula is C15H26N4O. The zero-order valence-electron chi connectivity index (χ0n) is 12.1. The van der Waals surface area contributed by atoms with Crippen LogP contribution >= 0.6 is 0 Å². The molecule has 3 N–H and O–H groups in total. The smallest absolute Gasteiger partial charge is 0.0862 e. The molecule has 3 atom stereocenters. The molecule has 0 aromatic carbocycles. The highest BCUT2D eigenvalue weighted by molar-refractivity contribution is 5.30. The monoisotopic (exact) mass is 278 g/mol. The lowest BCUT2D eigenvalue weighted by atomic mass is 9.78. The van der Waals surface area contributed by atoms with Gasteiger partial charge in [-0.3, -0.25) is 9.58 Å². The predicted molar refractivity (Wildman–Crippen MR) is 79.2 cm³/mol. The fraction of sp³-hybridized carbons (Fsp3) is 0.800. The van der Waals surface area contributed by atoms with Gasteiger partial charge >= 0.3 is 0 Å². The summed E-state index contributed by atoms with van der Waals surface area (Å²) < 4.78 is 1.74. The van der Waals surface area contributed by atoms with Crippen LogP contribution in [0.3, 0.4) is 0 Å². The van der Waals surface area contributed by atoms with E-state index < -0.39 is 0 Å². The number of anilines is 1. The Morgan fingerprint density at radius 1 is 1.25 bits per heavy atom. The van der Waals surface area contributed by atoms with E-state index in [1.807, 2.05) is 0 Å². The molecule has 20 heavy (non-hydrogen) atoms. The summed E-state index contributed by atoms with van der Waals surface area (Å²) in [5.74, 6) is 0.866. The molecule has 112 valence electrons. The summed E-state index contributed by atoms with van der Waals surface area (Å²) in [5, 5.41) is 14.5. The predicted octanol–water partition coefficient (Wildman–Crippen LogP) is 1.48. The largest absolute Gasteiger partial charge is 0.396 e. The highest BCUT2D eigenvalue weighted by atomic mass is 16.3. The molecule has 1 aromatic rings. The third-order valence-corrected chi connectivity index (χ3v) is 4.85. The van der Waals surface area contributed by atoms with E-state index in [0.29, 0.717) is 18.3 Å². The number of rotatable bonds is 4. The van der Waals surface area contributed by atoms with E-state index in [4.69, 9.17) is 5.73 Å². The van der Waals surface area contributed by atoms with Crippen molar-refractivity contribution in [2.75, 3.05) is 18.8 Å². The number of aromatic nitrogens is 2. The summed E-state index contributed by atoms with van der Waals surface area (Å²) in [7, 11) is 0. The third kappa shape index (κ3) is 3.15. The number of hydrogen-bond acceptors (Lipinski definition) is 4. The number of fused-ring (bicyclic) bond motifs is 1. The molecule has 5 heteroatoms. The first-order chi connectivity index (χ1) is 9.72. The zero-order valence-corrected chi connectivity index (χ0v) is 12.1. The van der Waals surface area contributed by atoms with Crippen molar-refractivity contribution in [2.45, 2.75) is 57.2 Å². The molecule has 2 aliphatic rings. The highest BCUT2D eigenvalue weighted by Crippen LogP contribution is 2.35. The van der Waals surface area contributed by atoms with Crippen LogP contribution in [0.4, 0.5) is 5.69 Å². The van der Waals surface area contributed by atoms with Gasteiger partial charge in [-0.25, -0.2) is 0 Å². The molecular weight excluding hydrogens is 252 g/mol. The van der Waals surface area contributed by atoms with E-state index in [0.717, 1.165) is 19.0 Å². The van der Waals surface area contributed by atoms with Crippen LogP contribution in [0.15, 0.2) is 12.4 Å². The summed E-state index contributed by atoms with van der Waals surface area (Å²) >= 11 is 0. The Hall–Kier alpha value is -1.07. The lowest BCUT2D eigenvalue weighted by Crippen LogP contribution is -2.49. The van der Waals surface area contributed by atoms with Gasteiger partial charge in [0.2, 0.25) is 0 Å². The van der Waals surface area contributed by atoms with Crippen molar-refractivity contribution in [1.82, 2.24) is 14.7 Å². The van der Waals surface area contributed by atoms with Gasteiger partial charge in [-0.15, -0.1) is 0 Å². The second-order valence-corrected chi connectivity index (χ2v) is 6.40. The van der Waals surface area contributed by atoms with Crippen molar-refractivity contribution >= 4 is 5.69 Å². The molecule has 1 aliphatic heterocycles. The first kappa shape index (κ1) is 13.9. The summed E-state index contributed by atoms with van der Waals surface area (Å²) in [6, 6.07) is 0.704. The molecule has 2 fully saturated rings. The minimum Gasteiger partial charge on any atom is -0.396 e. The Morgan fingerprint density at radius 2 is 2.05 bits per heavy atom. The number of likely N-dealkylation sites (tertiary alicyclic amines) is 1. The maximum absolute atomic E-state index is 10.3. The van der Waals surface area contributed by atoms with Crippen molar-refractivity contribution in [3.8, 4) is 0 Å². The van der Waals surface area contributed by atoms with Crippen LogP contribution in [0, 0.1) is 5.92 Å². The minimum absolute atomic E-state index is 0.366. The number of β-amino-alcohol motifs (C(OH)–C–C–N with tert-alkyl or cyclic N) is 1. The molecule has 2 heterocycles. The summed E-state index contributed by atoms with van der Waals surface area (Å²) in [4.78, 5) is 2.52. The molecule has 0 amide bonds. The molecule has 5 nitrogen and oxygen atoms in total. The van der Waals surface area contributed by atoms with E-state index in [9.17, 15) is 5.11 Å². The fourth-order valence-electron chi connectivity index (χ4n) is 3.98. The SMILES string of the molecule is Nc1cnn(CC(O)CN2CCCC3CCCCC32)c1. The van der Waals surface area contributed by atoms with E-state index in [-0.39, 0.29) is 6.10 Å². The summed E-state index contributed by atoms with van der Waals surface area (Å²) in [6.07, 6.45) is 11.1. The van der Waals surface area contributed by atoms with Gasteiger partial charge in [0, 0.05) is 18.8 Å². The summed E-state index contributed by atoms with van der Waals surface area (Å²) in [6.45, 7) is 2.44. The first-order valence-corrected chi connectivity index (χ1v) is 7.92. The van der Waals surface area contributed by atoms with Gasteiger partial charge in [0.05, 0.1) is 24.5 Å². The Bertz CT molecular complexity index is 431. The minimum atomic E-state index is -0.366. The van der Waals surface area contributed by atoms with Gasteiger partial charge < -0.3 is 10.8 Å². The van der Waals surface area contributed by atoms with Gasteiger partial charge in [-0.05, 0) is 38.1 Å². The Balaban J connectivity index is 1.55. The van der Waals surface area contributed by atoms with E-state index in [2.05, 4.69) is 10.00 Å². The molecule has 0 bridgehead atoms. The second-order valence-electron chi connectivity index (χ2n) is 6.40. The Morgan fingerprint density at radius 3 is 2.85 bits per heavy atom. The number of nitrogens with two attached hydrogens (primary N) is 1. The maximum Gasteiger partial charge on any atom is 0.0862 e. The van der Waals surface area contributed by atoms with E-state index in [1.165, 1.54) is 38.5 Å². The lowest BCUT2D eigenvalue weighted by molar-refractivity contribution is 0.0152. The number of nitrogen functional groups attached to an aromatic ring is 1. The second kappa shape index (κ2) is 6.14. The van der Waals surface area contributed by atoms with Gasteiger partial charge in [0.25, 0.3) is 0 Å². The molecule has 1 aliphatic carbocycles. The van der Waals surface area contributed by atoms with Crippen molar-refractivity contribution in [3.05, 3.63) is 12.4 Å².